The Balaban J connectivity index is 2.34. The highest BCUT2D eigenvalue weighted by atomic mass is 32.2. The van der Waals surface area contributed by atoms with Crippen LogP contribution < -0.4 is 0 Å². The average Bonchev–Trinajstić information content (AvgIpc) is 3.02. The molecule has 0 unspecified atom stereocenters. The molecule has 0 amide bonds. The predicted molar refractivity (Wildman–Crippen MR) is 85.1 cm³/mol. The molecule has 4 nitrogen and oxygen atoms in total. The van der Waals surface area contributed by atoms with E-state index in [-0.39, 0.29) is 10.5 Å². The summed E-state index contributed by atoms with van der Waals surface area (Å²) >= 11 is 0. The highest BCUT2D eigenvalue weighted by Crippen LogP contribution is 2.35. The lowest BCUT2D eigenvalue weighted by Crippen LogP contribution is -2.04. The fraction of sp³-hybridized carbons (Fsp3) is 0.118. The molecule has 0 bridgehead atoms. The van der Waals surface area contributed by atoms with E-state index in [9.17, 15) is 17.2 Å². The van der Waals surface area contributed by atoms with Gasteiger partial charge in [0, 0.05) is 17.4 Å². The van der Waals surface area contributed by atoms with Crippen molar-refractivity contribution in [2.45, 2.75) is 11.8 Å². The first-order valence-electron chi connectivity index (χ1n) is 6.97. The normalized spacial score (nSPS) is 11.7. The molecule has 0 aliphatic heterocycles. The molecule has 3 rings (SSSR count). The van der Waals surface area contributed by atoms with Crippen molar-refractivity contribution in [1.82, 2.24) is 5.16 Å². The van der Waals surface area contributed by atoms with Gasteiger partial charge in [-0.15, -0.1) is 0 Å². The van der Waals surface area contributed by atoms with E-state index < -0.39 is 21.5 Å². The number of hydrogen-bond acceptors (Lipinski definition) is 4. The van der Waals surface area contributed by atoms with Crippen molar-refractivity contribution in [2.24, 2.45) is 0 Å². The van der Waals surface area contributed by atoms with E-state index in [1.807, 2.05) is 0 Å². The van der Waals surface area contributed by atoms with Gasteiger partial charge in [-0.25, -0.2) is 17.2 Å². The Morgan fingerprint density at radius 2 is 1.75 bits per heavy atom. The maximum Gasteiger partial charge on any atom is 0.176 e. The first-order valence-corrected chi connectivity index (χ1v) is 8.86. The Morgan fingerprint density at radius 1 is 1.00 bits per heavy atom. The largest absolute Gasteiger partial charge is 0.364 e. The summed E-state index contributed by atoms with van der Waals surface area (Å²) in [4.78, 5) is 0.0775. The van der Waals surface area contributed by atoms with Crippen LogP contribution >= 0.6 is 0 Å². The van der Waals surface area contributed by atoms with Gasteiger partial charge in [-0.2, -0.15) is 0 Å². The summed E-state index contributed by atoms with van der Waals surface area (Å²) in [6, 6.07) is 6.59. The van der Waals surface area contributed by atoms with Crippen LogP contribution in [0.15, 0.2) is 52.2 Å². The van der Waals surface area contributed by atoms with Gasteiger partial charge in [-0.1, -0.05) is 11.2 Å². The van der Waals surface area contributed by atoms with Crippen molar-refractivity contribution in [2.75, 3.05) is 6.26 Å². The van der Waals surface area contributed by atoms with Crippen LogP contribution in [-0.4, -0.2) is 19.8 Å². The fourth-order valence-corrected chi connectivity index (χ4v) is 3.88. The monoisotopic (exact) mass is 349 g/mol. The maximum atomic E-state index is 13.6. The van der Waals surface area contributed by atoms with Crippen LogP contribution in [0.25, 0.3) is 22.3 Å². The second-order valence-corrected chi connectivity index (χ2v) is 7.44. The Morgan fingerprint density at radius 3 is 2.33 bits per heavy atom. The molecule has 0 saturated heterocycles. The molecule has 0 N–H and O–H groups in total. The molecule has 3 aromatic rings. The zero-order valence-corrected chi connectivity index (χ0v) is 13.7. The second kappa shape index (κ2) is 5.83. The van der Waals surface area contributed by atoms with E-state index in [0.29, 0.717) is 22.3 Å². The number of hydrogen-bond donors (Lipinski definition) is 0. The summed E-state index contributed by atoms with van der Waals surface area (Å²) in [7, 11) is -3.58. The van der Waals surface area contributed by atoms with E-state index in [2.05, 4.69) is 5.16 Å². The van der Waals surface area contributed by atoms with Gasteiger partial charge >= 0.3 is 0 Å². The minimum atomic E-state index is -3.58. The Labute approximate surface area is 137 Å². The third-order valence-corrected chi connectivity index (χ3v) is 4.93. The summed E-state index contributed by atoms with van der Waals surface area (Å²) < 4.78 is 56.0. The quantitative estimate of drug-likeness (QED) is 0.717. The summed E-state index contributed by atoms with van der Waals surface area (Å²) in [5.41, 5.74) is 2.39. The van der Waals surface area contributed by atoms with Crippen LogP contribution in [0.5, 0.6) is 0 Å². The molecule has 0 radical (unpaired) electrons. The number of halogens is 2. The van der Waals surface area contributed by atoms with Crippen LogP contribution in [0.2, 0.25) is 0 Å². The second-order valence-electron chi connectivity index (χ2n) is 5.48. The van der Waals surface area contributed by atoms with Gasteiger partial charge in [0.05, 0.1) is 11.1 Å². The van der Waals surface area contributed by atoms with Crippen molar-refractivity contribution in [3.05, 3.63) is 60.0 Å². The van der Waals surface area contributed by atoms with Gasteiger partial charge in [0.1, 0.15) is 6.26 Å². The van der Waals surface area contributed by atoms with Gasteiger partial charge in [-0.3, -0.25) is 0 Å². The zero-order chi connectivity index (χ0) is 17.5. The Hall–Kier alpha value is -2.54. The predicted octanol–water partition coefficient (Wildman–Crippen LogP) is 4.00. The fourth-order valence-electron chi connectivity index (χ4n) is 2.66. The van der Waals surface area contributed by atoms with Gasteiger partial charge < -0.3 is 4.52 Å². The molecular weight excluding hydrogens is 336 g/mol. The summed E-state index contributed by atoms with van der Waals surface area (Å²) in [6.07, 6.45) is 3.99. The lowest BCUT2D eigenvalue weighted by atomic mass is 9.97. The van der Waals surface area contributed by atoms with Crippen LogP contribution in [0.3, 0.4) is 0 Å². The maximum absolute atomic E-state index is 13.6. The molecular formula is C17H13F2NO3S. The van der Waals surface area contributed by atoms with E-state index in [0.717, 1.165) is 18.4 Å². The van der Waals surface area contributed by atoms with Crippen LogP contribution in [0, 0.1) is 18.6 Å². The van der Waals surface area contributed by atoms with Crippen LogP contribution in [0.4, 0.5) is 8.78 Å². The molecule has 0 atom stereocenters. The van der Waals surface area contributed by atoms with Crippen molar-refractivity contribution in [1.29, 1.82) is 0 Å². The number of sulfone groups is 1. The molecule has 2 aromatic carbocycles. The highest BCUT2D eigenvalue weighted by Gasteiger charge is 2.20. The number of nitrogens with zero attached hydrogens (tertiary/aromatic N) is 1. The van der Waals surface area contributed by atoms with E-state index in [1.54, 1.807) is 19.1 Å². The molecule has 1 aromatic heterocycles. The van der Waals surface area contributed by atoms with Crippen molar-refractivity contribution in [3.8, 4) is 22.3 Å². The Kier molecular flexibility index (Phi) is 3.96. The summed E-state index contributed by atoms with van der Waals surface area (Å²) in [5, 5.41) is 3.62. The highest BCUT2D eigenvalue weighted by molar-refractivity contribution is 7.90. The molecule has 0 spiro atoms. The molecule has 0 saturated carbocycles. The van der Waals surface area contributed by atoms with E-state index >= 15 is 0 Å². The molecule has 7 heteroatoms. The lowest BCUT2D eigenvalue weighted by Gasteiger charge is -2.14. The van der Waals surface area contributed by atoms with Gasteiger partial charge in [0.2, 0.25) is 0 Å². The van der Waals surface area contributed by atoms with Crippen molar-refractivity contribution in [3.63, 3.8) is 0 Å². The average molecular weight is 349 g/mol. The van der Waals surface area contributed by atoms with Gasteiger partial charge in [0.15, 0.2) is 21.5 Å². The van der Waals surface area contributed by atoms with Gasteiger partial charge in [-0.05, 0) is 47.9 Å². The lowest BCUT2D eigenvalue weighted by molar-refractivity contribution is 0.420. The molecule has 24 heavy (non-hydrogen) atoms. The molecule has 124 valence electrons. The number of aryl methyl sites for hydroxylation is 1. The van der Waals surface area contributed by atoms with E-state index in [1.165, 1.54) is 18.5 Å². The molecule has 0 aliphatic carbocycles. The van der Waals surface area contributed by atoms with Crippen molar-refractivity contribution < 1.29 is 21.7 Å². The SMILES string of the molecule is Cc1cc(-c2cnoc2)cc(-c2ccc(F)c(F)c2)c1S(C)(=O)=O. The first kappa shape index (κ1) is 16.3. The molecule has 1 heterocycles. The first-order chi connectivity index (χ1) is 11.3. The summed E-state index contributed by atoms with van der Waals surface area (Å²) in [5.74, 6) is -2.04. The van der Waals surface area contributed by atoms with E-state index in [4.69, 9.17) is 4.52 Å². The standard InChI is InChI=1S/C17H13F2NO3S/c1-10-5-12(13-8-20-23-9-13)6-14(17(10)24(2,21)22)11-3-4-15(18)16(19)7-11/h3-9H,1-2H3. The number of rotatable bonds is 3. The molecule has 0 fully saturated rings. The smallest absolute Gasteiger partial charge is 0.176 e. The minimum absolute atomic E-state index is 0.0775. The third kappa shape index (κ3) is 2.94. The number of benzene rings is 2. The Bertz CT molecular complexity index is 1010. The van der Waals surface area contributed by atoms with Crippen molar-refractivity contribution >= 4 is 9.84 Å². The topological polar surface area (TPSA) is 60.2 Å². The minimum Gasteiger partial charge on any atom is -0.364 e. The number of aromatic nitrogens is 1. The van der Waals surface area contributed by atoms with Crippen LogP contribution in [-0.2, 0) is 9.84 Å². The molecule has 0 aliphatic rings. The zero-order valence-electron chi connectivity index (χ0n) is 12.9. The van der Waals surface area contributed by atoms with Gasteiger partial charge in [0.25, 0.3) is 0 Å². The summed E-state index contributed by atoms with van der Waals surface area (Å²) in [6.45, 7) is 1.65. The van der Waals surface area contributed by atoms with Crippen LogP contribution in [0.1, 0.15) is 5.56 Å². The third-order valence-electron chi connectivity index (χ3n) is 3.64.